The number of benzene rings is 3. The summed E-state index contributed by atoms with van der Waals surface area (Å²) in [6.45, 7) is 0. The number of nitrogens with one attached hydrogen (secondary N) is 2. The topological polar surface area (TPSA) is 88.6 Å². The molecule has 3 aromatic carbocycles. The average Bonchev–Trinajstić information content (AvgIpc) is 2.79. The smallest absolute Gasteiger partial charge is 0.252 e. The maximum atomic E-state index is 12.1. The first-order valence-corrected chi connectivity index (χ1v) is 9.28. The third-order valence-corrected chi connectivity index (χ3v) is 4.64. The molecule has 7 heteroatoms. The lowest BCUT2D eigenvalue weighted by atomic mass is 10.0. The van der Waals surface area contributed by atoms with E-state index in [-0.39, 0.29) is 11.5 Å². The summed E-state index contributed by atoms with van der Waals surface area (Å²) in [6.07, 6.45) is 1.65. The van der Waals surface area contributed by atoms with Crippen LogP contribution in [0.4, 0.5) is 5.95 Å². The lowest BCUT2D eigenvalue weighted by Gasteiger charge is -2.08. The Morgan fingerprint density at radius 1 is 1.00 bits per heavy atom. The first kappa shape index (κ1) is 19.2. The van der Waals surface area contributed by atoms with Gasteiger partial charge in [0.15, 0.2) is 0 Å². The molecular weight excluding hydrogens is 380 g/mol. The number of nitrogens with zero attached hydrogens (tertiary/aromatic N) is 2. The number of hydrazone groups is 1. The van der Waals surface area contributed by atoms with Crippen LogP contribution in [0.15, 0.2) is 76.6 Å². The molecule has 7 nitrogen and oxygen atoms in total. The molecule has 0 amide bonds. The Hall–Kier alpha value is -4.13. The third kappa shape index (κ3) is 4.00. The molecule has 150 valence electrons. The van der Waals surface area contributed by atoms with Crippen LogP contribution in [0.5, 0.6) is 11.5 Å². The molecule has 2 N–H and O–H groups in total. The molecular formula is C23H20N4O3. The summed E-state index contributed by atoms with van der Waals surface area (Å²) in [5, 5.41) is 6.35. The van der Waals surface area contributed by atoms with Crippen molar-refractivity contribution in [2.75, 3.05) is 19.6 Å². The van der Waals surface area contributed by atoms with Gasteiger partial charge in [0.2, 0.25) is 5.95 Å². The van der Waals surface area contributed by atoms with Crippen molar-refractivity contribution in [1.82, 2.24) is 9.97 Å². The lowest BCUT2D eigenvalue weighted by molar-refractivity contribution is 0.414. The summed E-state index contributed by atoms with van der Waals surface area (Å²) in [4.78, 5) is 19.2. The normalized spacial score (nSPS) is 11.0. The molecule has 0 bridgehead atoms. The summed E-state index contributed by atoms with van der Waals surface area (Å²) < 4.78 is 10.6. The predicted molar refractivity (Wildman–Crippen MR) is 119 cm³/mol. The molecule has 4 aromatic rings. The monoisotopic (exact) mass is 400 g/mol. The van der Waals surface area contributed by atoms with Gasteiger partial charge in [-0.15, -0.1) is 0 Å². The molecule has 30 heavy (non-hydrogen) atoms. The molecule has 0 fully saturated rings. The van der Waals surface area contributed by atoms with Crippen LogP contribution in [-0.2, 0) is 0 Å². The molecule has 0 spiro atoms. The van der Waals surface area contributed by atoms with E-state index in [1.165, 1.54) is 6.07 Å². The Morgan fingerprint density at radius 3 is 2.57 bits per heavy atom. The number of fused-ring (bicyclic) bond motifs is 1. The van der Waals surface area contributed by atoms with Gasteiger partial charge in [-0.1, -0.05) is 30.3 Å². The second kappa shape index (κ2) is 8.48. The summed E-state index contributed by atoms with van der Waals surface area (Å²) in [5.41, 5.74) is 4.68. The van der Waals surface area contributed by atoms with E-state index in [1.807, 2.05) is 60.7 Å². The molecule has 0 unspecified atom stereocenters. The Morgan fingerprint density at radius 2 is 1.80 bits per heavy atom. The van der Waals surface area contributed by atoms with Crippen molar-refractivity contribution in [3.63, 3.8) is 0 Å². The highest BCUT2D eigenvalue weighted by atomic mass is 16.5. The highest BCUT2D eigenvalue weighted by Crippen LogP contribution is 2.26. The van der Waals surface area contributed by atoms with E-state index in [9.17, 15) is 4.79 Å². The van der Waals surface area contributed by atoms with E-state index >= 15 is 0 Å². The largest absolute Gasteiger partial charge is 0.497 e. The Labute approximate surface area is 173 Å². The van der Waals surface area contributed by atoms with Crippen molar-refractivity contribution in [2.24, 2.45) is 5.10 Å². The van der Waals surface area contributed by atoms with Gasteiger partial charge in [0.1, 0.15) is 11.5 Å². The highest BCUT2D eigenvalue weighted by Gasteiger charge is 2.07. The van der Waals surface area contributed by atoms with Crippen LogP contribution in [0.25, 0.3) is 22.0 Å². The zero-order valence-corrected chi connectivity index (χ0v) is 16.5. The summed E-state index contributed by atoms with van der Waals surface area (Å²) in [5.74, 6) is 1.67. The number of aromatic nitrogens is 2. The van der Waals surface area contributed by atoms with Crippen LogP contribution in [0.3, 0.4) is 0 Å². The van der Waals surface area contributed by atoms with Gasteiger partial charge < -0.3 is 9.47 Å². The zero-order chi connectivity index (χ0) is 20.9. The number of hydrogen-bond donors (Lipinski definition) is 2. The van der Waals surface area contributed by atoms with Gasteiger partial charge >= 0.3 is 0 Å². The Kier molecular flexibility index (Phi) is 5.43. The first-order chi connectivity index (χ1) is 14.7. The predicted octanol–water partition coefficient (Wildman–Crippen LogP) is 4.05. The van der Waals surface area contributed by atoms with E-state index < -0.39 is 0 Å². The second-order valence-corrected chi connectivity index (χ2v) is 6.48. The van der Waals surface area contributed by atoms with Crippen LogP contribution in [0.2, 0.25) is 0 Å². The van der Waals surface area contributed by atoms with Gasteiger partial charge in [0, 0.05) is 17.2 Å². The summed E-state index contributed by atoms with van der Waals surface area (Å²) in [7, 11) is 3.22. The van der Waals surface area contributed by atoms with Crippen molar-refractivity contribution in [3.8, 4) is 22.8 Å². The minimum atomic E-state index is -0.281. The maximum Gasteiger partial charge on any atom is 0.252 e. The van der Waals surface area contributed by atoms with Crippen molar-refractivity contribution in [2.45, 2.75) is 0 Å². The van der Waals surface area contributed by atoms with E-state index in [0.29, 0.717) is 11.4 Å². The number of anilines is 1. The molecule has 4 rings (SSSR count). The zero-order valence-electron chi connectivity index (χ0n) is 16.5. The fourth-order valence-corrected chi connectivity index (χ4v) is 3.16. The van der Waals surface area contributed by atoms with Crippen LogP contribution in [0.1, 0.15) is 5.56 Å². The summed E-state index contributed by atoms with van der Waals surface area (Å²) >= 11 is 0. The molecule has 0 aliphatic rings. The second-order valence-electron chi connectivity index (χ2n) is 6.48. The SMILES string of the molecule is COc1ccc(-c2cc(=O)[nH]c(N/N=C\c3c(OC)ccc4ccccc34)n2)cc1. The number of H-pyrrole nitrogens is 1. The van der Waals surface area contributed by atoms with Gasteiger partial charge in [-0.05, 0) is 41.1 Å². The molecule has 0 radical (unpaired) electrons. The fourth-order valence-electron chi connectivity index (χ4n) is 3.16. The van der Waals surface area contributed by atoms with Crippen LogP contribution in [0, 0.1) is 0 Å². The molecule has 1 heterocycles. The minimum Gasteiger partial charge on any atom is -0.497 e. The molecule has 0 aliphatic heterocycles. The number of rotatable bonds is 6. The van der Waals surface area contributed by atoms with Gasteiger partial charge in [0.05, 0.1) is 26.1 Å². The van der Waals surface area contributed by atoms with Crippen molar-refractivity contribution in [3.05, 3.63) is 82.6 Å². The number of hydrogen-bond acceptors (Lipinski definition) is 6. The van der Waals surface area contributed by atoms with Gasteiger partial charge in [-0.2, -0.15) is 5.10 Å². The molecule has 0 aliphatic carbocycles. The van der Waals surface area contributed by atoms with E-state index in [4.69, 9.17) is 9.47 Å². The molecule has 0 atom stereocenters. The Balaban J connectivity index is 1.63. The number of aromatic amines is 1. The Bertz CT molecular complexity index is 1260. The first-order valence-electron chi connectivity index (χ1n) is 9.28. The fraction of sp³-hybridized carbons (Fsp3) is 0.0870. The maximum absolute atomic E-state index is 12.1. The minimum absolute atomic E-state index is 0.240. The van der Waals surface area contributed by atoms with Crippen LogP contribution >= 0.6 is 0 Å². The number of methoxy groups -OCH3 is 2. The molecule has 0 saturated carbocycles. The van der Waals surface area contributed by atoms with Gasteiger partial charge in [-0.3, -0.25) is 9.78 Å². The van der Waals surface area contributed by atoms with Crippen molar-refractivity contribution < 1.29 is 9.47 Å². The highest BCUT2D eigenvalue weighted by molar-refractivity contribution is 6.02. The molecule has 1 aromatic heterocycles. The molecule has 0 saturated heterocycles. The van der Waals surface area contributed by atoms with Crippen molar-refractivity contribution >= 4 is 22.9 Å². The van der Waals surface area contributed by atoms with Crippen LogP contribution in [-0.4, -0.2) is 30.4 Å². The van der Waals surface area contributed by atoms with E-state index in [2.05, 4.69) is 20.5 Å². The van der Waals surface area contributed by atoms with Gasteiger partial charge in [-0.25, -0.2) is 10.4 Å². The standard InChI is InChI=1S/C23H20N4O3/c1-29-17-10-7-16(8-11-17)20-13-22(28)26-23(25-20)27-24-14-19-18-6-4-3-5-15(18)9-12-21(19)30-2/h3-14H,1-2H3,(H2,25,26,27,28)/b24-14-. The summed E-state index contributed by atoms with van der Waals surface area (Å²) in [6, 6.07) is 20.6. The number of ether oxygens (including phenoxy) is 2. The van der Waals surface area contributed by atoms with Crippen LogP contribution < -0.4 is 20.5 Å². The average molecular weight is 400 g/mol. The lowest BCUT2D eigenvalue weighted by Crippen LogP contribution is -2.10. The van der Waals surface area contributed by atoms with E-state index in [1.54, 1.807) is 20.4 Å². The quantitative estimate of drug-likeness (QED) is 0.376. The van der Waals surface area contributed by atoms with Gasteiger partial charge in [0.25, 0.3) is 5.56 Å². The van der Waals surface area contributed by atoms with E-state index in [0.717, 1.165) is 27.6 Å². The van der Waals surface area contributed by atoms with Crippen molar-refractivity contribution in [1.29, 1.82) is 0 Å². The third-order valence-electron chi connectivity index (χ3n) is 4.64.